The highest BCUT2D eigenvalue weighted by Crippen LogP contribution is 2.13. The molecule has 0 amide bonds. The summed E-state index contributed by atoms with van der Waals surface area (Å²) in [5.41, 5.74) is 7.53. The molecule has 0 saturated heterocycles. The molecule has 0 saturated carbocycles. The minimum Gasteiger partial charge on any atom is -0.481 e. The van der Waals surface area contributed by atoms with Gasteiger partial charge in [-0.15, -0.1) is 0 Å². The predicted octanol–water partition coefficient (Wildman–Crippen LogP) is 3.06. The van der Waals surface area contributed by atoms with Crippen LogP contribution >= 0.6 is 0 Å². The highest BCUT2D eigenvalue weighted by atomic mass is 16.4. The lowest BCUT2D eigenvalue weighted by Crippen LogP contribution is -2.06. The molecule has 0 aliphatic carbocycles. The van der Waals surface area contributed by atoms with E-state index in [4.69, 9.17) is 10.8 Å². The fraction of sp³-hybridized carbons (Fsp3) is 0.235. The number of rotatable bonds is 4. The maximum atomic E-state index is 10.5. The summed E-state index contributed by atoms with van der Waals surface area (Å²) in [6.07, 6.45) is 0.987. The first-order chi connectivity index (χ1) is 9.65. The zero-order valence-electron chi connectivity index (χ0n) is 11.7. The van der Waals surface area contributed by atoms with E-state index in [-0.39, 0.29) is 0 Å². The predicted molar refractivity (Wildman–Crippen MR) is 81.7 cm³/mol. The molecule has 106 valence electrons. The van der Waals surface area contributed by atoms with Crippen LogP contribution in [0.5, 0.6) is 0 Å². The lowest BCUT2D eigenvalue weighted by molar-refractivity contribution is -0.138. The van der Waals surface area contributed by atoms with Gasteiger partial charge >= 0.3 is 5.97 Å². The van der Waals surface area contributed by atoms with E-state index in [9.17, 15) is 4.79 Å². The molecule has 20 heavy (non-hydrogen) atoms. The van der Waals surface area contributed by atoms with Gasteiger partial charge in [0.15, 0.2) is 0 Å². The Hall–Kier alpha value is -2.13. The third-order valence-corrected chi connectivity index (χ3v) is 2.95. The Balaban J connectivity index is 0.000000204. The molecule has 0 radical (unpaired) electrons. The Labute approximate surface area is 120 Å². The van der Waals surface area contributed by atoms with Gasteiger partial charge in [0.05, 0.1) is 5.92 Å². The van der Waals surface area contributed by atoms with Crippen molar-refractivity contribution in [1.29, 1.82) is 0 Å². The summed E-state index contributed by atoms with van der Waals surface area (Å²) in [5, 5.41) is 8.64. The van der Waals surface area contributed by atoms with E-state index in [1.165, 1.54) is 5.56 Å². The van der Waals surface area contributed by atoms with Crippen LogP contribution in [0.15, 0.2) is 60.7 Å². The van der Waals surface area contributed by atoms with Crippen LogP contribution in [0.3, 0.4) is 0 Å². The lowest BCUT2D eigenvalue weighted by Gasteiger charge is -2.04. The van der Waals surface area contributed by atoms with Gasteiger partial charge in [-0.05, 0) is 31.0 Å². The van der Waals surface area contributed by atoms with Gasteiger partial charge in [-0.25, -0.2) is 0 Å². The van der Waals surface area contributed by atoms with Crippen molar-refractivity contribution in [3.63, 3.8) is 0 Å². The monoisotopic (exact) mass is 271 g/mol. The maximum absolute atomic E-state index is 10.5. The van der Waals surface area contributed by atoms with E-state index in [1.54, 1.807) is 6.92 Å². The second kappa shape index (κ2) is 8.88. The van der Waals surface area contributed by atoms with Gasteiger partial charge in [0.2, 0.25) is 0 Å². The third-order valence-electron chi connectivity index (χ3n) is 2.95. The molecule has 0 spiro atoms. The van der Waals surface area contributed by atoms with Crippen LogP contribution in [-0.4, -0.2) is 17.6 Å². The van der Waals surface area contributed by atoms with Gasteiger partial charge in [0.1, 0.15) is 0 Å². The van der Waals surface area contributed by atoms with Crippen molar-refractivity contribution >= 4 is 5.97 Å². The first-order valence-corrected chi connectivity index (χ1v) is 6.67. The van der Waals surface area contributed by atoms with Gasteiger partial charge in [0, 0.05) is 0 Å². The van der Waals surface area contributed by atoms with E-state index in [0.29, 0.717) is 0 Å². The molecule has 0 aliphatic heterocycles. The number of carboxylic acids is 1. The molecule has 1 unspecified atom stereocenters. The van der Waals surface area contributed by atoms with Crippen molar-refractivity contribution in [1.82, 2.24) is 0 Å². The number of carbonyl (C=O) groups is 1. The summed E-state index contributed by atoms with van der Waals surface area (Å²) in [7, 11) is 0. The molecular formula is C17H21NO2. The quantitative estimate of drug-likeness (QED) is 0.898. The molecule has 0 aliphatic rings. The highest BCUT2D eigenvalue weighted by Gasteiger charge is 2.11. The topological polar surface area (TPSA) is 63.3 Å². The van der Waals surface area contributed by atoms with Crippen molar-refractivity contribution in [2.24, 2.45) is 5.73 Å². The van der Waals surface area contributed by atoms with Crippen molar-refractivity contribution in [3.05, 3.63) is 71.8 Å². The summed E-state index contributed by atoms with van der Waals surface area (Å²) in [6, 6.07) is 19.5. The van der Waals surface area contributed by atoms with Crippen LogP contribution in [0.25, 0.3) is 0 Å². The molecule has 0 bridgehead atoms. The fourth-order valence-electron chi connectivity index (χ4n) is 1.70. The average molecular weight is 271 g/mol. The molecular weight excluding hydrogens is 250 g/mol. The van der Waals surface area contributed by atoms with E-state index in [1.807, 2.05) is 48.5 Å². The third kappa shape index (κ3) is 5.67. The van der Waals surface area contributed by atoms with Crippen LogP contribution in [0.1, 0.15) is 24.0 Å². The Bertz CT molecular complexity index is 497. The van der Waals surface area contributed by atoms with Crippen LogP contribution in [0.4, 0.5) is 0 Å². The number of nitrogens with two attached hydrogens (primary N) is 1. The zero-order chi connectivity index (χ0) is 14.8. The number of aliphatic carboxylic acids is 1. The van der Waals surface area contributed by atoms with E-state index >= 15 is 0 Å². The molecule has 3 N–H and O–H groups in total. The summed E-state index contributed by atoms with van der Waals surface area (Å²) >= 11 is 0. The molecule has 3 heteroatoms. The second-order valence-electron chi connectivity index (χ2n) is 4.49. The molecule has 0 aromatic heterocycles. The highest BCUT2D eigenvalue weighted by molar-refractivity contribution is 5.75. The number of benzene rings is 2. The van der Waals surface area contributed by atoms with Crippen LogP contribution in [0.2, 0.25) is 0 Å². The Morgan fingerprint density at radius 1 is 1.05 bits per heavy atom. The summed E-state index contributed by atoms with van der Waals surface area (Å²) in [5.74, 6) is -1.19. The van der Waals surface area contributed by atoms with Crippen molar-refractivity contribution in [3.8, 4) is 0 Å². The largest absolute Gasteiger partial charge is 0.481 e. The van der Waals surface area contributed by atoms with Crippen LogP contribution in [0, 0.1) is 0 Å². The van der Waals surface area contributed by atoms with Crippen molar-refractivity contribution < 1.29 is 9.90 Å². The minimum atomic E-state index is -0.781. The average Bonchev–Trinajstić information content (AvgIpc) is 2.49. The van der Waals surface area contributed by atoms with Crippen LogP contribution in [-0.2, 0) is 11.2 Å². The molecule has 0 fully saturated rings. The van der Waals surface area contributed by atoms with Crippen LogP contribution < -0.4 is 5.73 Å². The first kappa shape index (κ1) is 15.9. The van der Waals surface area contributed by atoms with Crippen molar-refractivity contribution in [2.45, 2.75) is 19.3 Å². The number of hydrogen-bond acceptors (Lipinski definition) is 2. The summed E-state index contributed by atoms with van der Waals surface area (Å²) in [4.78, 5) is 10.5. The Kier molecular flexibility index (Phi) is 7.07. The van der Waals surface area contributed by atoms with E-state index in [2.05, 4.69) is 12.1 Å². The first-order valence-electron chi connectivity index (χ1n) is 6.67. The molecule has 3 nitrogen and oxygen atoms in total. The smallest absolute Gasteiger partial charge is 0.310 e. The second-order valence-corrected chi connectivity index (χ2v) is 4.49. The van der Waals surface area contributed by atoms with Gasteiger partial charge in [-0.2, -0.15) is 0 Å². The lowest BCUT2D eigenvalue weighted by atomic mass is 10.0. The maximum Gasteiger partial charge on any atom is 0.310 e. The van der Waals surface area contributed by atoms with E-state index in [0.717, 1.165) is 18.5 Å². The summed E-state index contributed by atoms with van der Waals surface area (Å²) < 4.78 is 0. The molecule has 0 heterocycles. The molecule has 2 rings (SSSR count). The van der Waals surface area contributed by atoms with Gasteiger partial charge in [-0.3, -0.25) is 4.79 Å². The molecule has 2 aromatic rings. The van der Waals surface area contributed by atoms with Gasteiger partial charge in [0.25, 0.3) is 0 Å². The minimum absolute atomic E-state index is 0.406. The Morgan fingerprint density at radius 3 is 2.00 bits per heavy atom. The SMILES string of the molecule is CC(C(=O)O)c1ccccc1.NCCc1ccccc1. The van der Waals surface area contributed by atoms with E-state index < -0.39 is 11.9 Å². The zero-order valence-corrected chi connectivity index (χ0v) is 11.7. The number of hydrogen-bond donors (Lipinski definition) is 2. The normalized spacial score (nSPS) is 11.1. The Morgan fingerprint density at radius 2 is 1.55 bits per heavy atom. The van der Waals surface area contributed by atoms with Crippen molar-refractivity contribution in [2.75, 3.05) is 6.54 Å². The fourth-order valence-corrected chi connectivity index (χ4v) is 1.70. The van der Waals surface area contributed by atoms with Gasteiger partial charge < -0.3 is 10.8 Å². The summed E-state index contributed by atoms with van der Waals surface area (Å²) in [6.45, 7) is 2.42. The molecule has 1 atom stereocenters. The number of carboxylic acid groups (broad SMARTS) is 1. The van der Waals surface area contributed by atoms with Gasteiger partial charge in [-0.1, -0.05) is 60.7 Å². The standard InChI is InChI=1S/C9H10O2.C8H11N/c1-7(9(10)11)8-5-3-2-4-6-8;9-7-6-8-4-2-1-3-5-8/h2-7H,1H3,(H,10,11);1-5H,6-7,9H2. The molecule has 2 aromatic carbocycles.